The highest BCUT2D eigenvalue weighted by atomic mass is 19.1. The molecule has 0 aliphatic heterocycles. The summed E-state index contributed by atoms with van der Waals surface area (Å²) in [6, 6.07) is 21.4. The van der Waals surface area contributed by atoms with Crippen LogP contribution in [-0.2, 0) is 13.1 Å². The molecule has 0 radical (unpaired) electrons. The fraction of sp³-hybridized carbons (Fsp3) is 0.0833. The maximum Gasteiger partial charge on any atom is 0.173 e. The van der Waals surface area contributed by atoms with Crippen molar-refractivity contribution in [3.8, 4) is 11.1 Å². The highest BCUT2D eigenvalue weighted by Gasteiger charge is 2.07. The molecule has 0 aliphatic carbocycles. The third kappa shape index (κ3) is 4.46. The summed E-state index contributed by atoms with van der Waals surface area (Å²) in [6.45, 7) is 1.40. The highest BCUT2D eigenvalue weighted by molar-refractivity contribution is 5.60. The van der Waals surface area contributed by atoms with Gasteiger partial charge in [0.1, 0.15) is 11.6 Å². The summed E-state index contributed by atoms with van der Waals surface area (Å²) in [7, 11) is 0. The molecule has 4 heteroatoms. The molecule has 2 aromatic heterocycles. The molecule has 0 aliphatic rings. The first kappa shape index (κ1) is 18.0. The van der Waals surface area contributed by atoms with Crippen molar-refractivity contribution >= 4 is 0 Å². The second kappa shape index (κ2) is 8.09. The lowest BCUT2D eigenvalue weighted by Gasteiger charge is -2.02. The summed E-state index contributed by atoms with van der Waals surface area (Å²) in [5.41, 5.74) is 4.37. The summed E-state index contributed by atoms with van der Waals surface area (Å²) in [5.74, 6) is -0.435. The number of pyridine rings is 2. The summed E-state index contributed by atoms with van der Waals surface area (Å²) < 4.78 is 30.1. The zero-order valence-corrected chi connectivity index (χ0v) is 15.3. The molecular formula is C24H20F2N2+2. The molecule has 28 heavy (non-hydrogen) atoms. The number of hydrogen-bond acceptors (Lipinski definition) is 0. The van der Waals surface area contributed by atoms with E-state index < -0.39 is 0 Å². The molecule has 0 atom stereocenters. The van der Waals surface area contributed by atoms with Crippen LogP contribution in [0.5, 0.6) is 0 Å². The van der Waals surface area contributed by atoms with Gasteiger partial charge in [0.15, 0.2) is 37.9 Å². The second-order valence-electron chi connectivity index (χ2n) is 6.77. The van der Waals surface area contributed by atoms with E-state index in [0.29, 0.717) is 13.1 Å². The van der Waals surface area contributed by atoms with E-state index in [0.717, 1.165) is 22.3 Å². The van der Waals surface area contributed by atoms with E-state index in [2.05, 4.69) is 33.4 Å². The number of halogens is 2. The topological polar surface area (TPSA) is 7.76 Å². The summed E-state index contributed by atoms with van der Waals surface area (Å²) in [6.07, 6.45) is 8.10. The number of nitrogens with zero attached hydrogens (tertiary/aromatic N) is 2. The van der Waals surface area contributed by atoms with Crippen LogP contribution in [0.15, 0.2) is 97.6 Å². The van der Waals surface area contributed by atoms with Crippen LogP contribution in [-0.4, -0.2) is 0 Å². The Hall–Kier alpha value is -3.40. The number of rotatable bonds is 5. The molecule has 2 heterocycles. The van der Waals surface area contributed by atoms with Gasteiger partial charge in [0.2, 0.25) is 0 Å². The van der Waals surface area contributed by atoms with E-state index in [1.807, 2.05) is 24.8 Å². The number of aromatic nitrogens is 2. The van der Waals surface area contributed by atoms with Gasteiger partial charge in [0.05, 0.1) is 0 Å². The normalized spacial score (nSPS) is 10.8. The van der Waals surface area contributed by atoms with E-state index >= 15 is 0 Å². The maximum atomic E-state index is 13.0. The molecule has 0 saturated heterocycles. The first-order valence-electron chi connectivity index (χ1n) is 9.13. The Morgan fingerprint density at radius 2 is 0.786 bits per heavy atom. The average molecular weight is 374 g/mol. The van der Waals surface area contributed by atoms with E-state index in [4.69, 9.17) is 0 Å². The first-order valence-corrected chi connectivity index (χ1v) is 9.13. The molecule has 0 N–H and O–H groups in total. The summed E-state index contributed by atoms with van der Waals surface area (Å²) >= 11 is 0. The van der Waals surface area contributed by atoms with Crippen LogP contribution < -0.4 is 9.13 Å². The van der Waals surface area contributed by atoms with Gasteiger partial charge in [0, 0.05) is 35.4 Å². The van der Waals surface area contributed by atoms with Crippen molar-refractivity contribution in [2.75, 3.05) is 0 Å². The molecule has 0 amide bonds. The molecule has 2 aromatic carbocycles. The Bertz CT molecular complexity index is 951. The van der Waals surface area contributed by atoms with Gasteiger partial charge < -0.3 is 0 Å². The van der Waals surface area contributed by atoms with Gasteiger partial charge in [-0.1, -0.05) is 0 Å². The van der Waals surface area contributed by atoms with Crippen LogP contribution in [0.4, 0.5) is 8.78 Å². The monoisotopic (exact) mass is 374 g/mol. The van der Waals surface area contributed by atoms with Crippen LogP contribution in [0.1, 0.15) is 11.1 Å². The van der Waals surface area contributed by atoms with Crippen LogP contribution in [0, 0.1) is 11.6 Å². The van der Waals surface area contributed by atoms with Gasteiger partial charge in [-0.2, -0.15) is 0 Å². The Morgan fingerprint density at radius 1 is 0.464 bits per heavy atom. The van der Waals surface area contributed by atoms with Gasteiger partial charge in [-0.3, -0.25) is 0 Å². The highest BCUT2D eigenvalue weighted by Crippen LogP contribution is 2.16. The number of hydrogen-bond donors (Lipinski definition) is 0. The van der Waals surface area contributed by atoms with Crippen LogP contribution in [0.2, 0.25) is 0 Å². The van der Waals surface area contributed by atoms with Crippen molar-refractivity contribution in [2.45, 2.75) is 13.1 Å². The minimum absolute atomic E-state index is 0.218. The van der Waals surface area contributed by atoms with Gasteiger partial charge in [-0.05, 0) is 59.7 Å². The van der Waals surface area contributed by atoms with Gasteiger partial charge in [-0.25, -0.2) is 17.9 Å². The van der Waals surface area contributed by atoms with Crippen molar-refractivity contribution < 1.29 is 17.9 Å². The largest absolute Gasteiger partial charge is 0.207 e. The van der Waals surface area contributed by atoms with E-state index in [1.165, 1.54) is 24.3 Å². The molecule has 2 nitrogen and oxygen atoms in total. The minimum Gasteiger partial charge on any atom is -0.207 e. The van der Waals surface area contributed by atoms with Gasteiger partial charge in [0.25, 0.3) is 0 Å². The lowest BCUT2D eigenvalue weighted by Crippen LogP contribution is -2.33. The predicted molar refractivity (Wildman–Crippen MR) is 103 cm³/mol. The third-order valence-corrected chi connectivity index (χ3v) is 4.67. The molecule has 138 valence electrons. The first-order chi connectivity index (χ1) is 13.7. The molecule has 4 aromatic rings. The fourth-order valence-corrected chi connectivity index (χ4v) is 3.11. The van der Waals surface area contributed by atoms with Crippen LogP contribution >= 0.6 is 0 Å². The van der Waals surface area contributed by atoms with Crippen molar-refractivity contribution in [2.24, 2.45) is 0 Å². The zero-order valence-electron chi connectivity index (χ0n) is 15.3. The smallest absolute Gasteiger partial charge is 0.173 e. The van der Waals surface area contributed by atoms with E-state index in [-0.39, 0.29) is 11.6 Å². The van der Waals surface area contributed by atoms with E-state index in [9.17, 15) is 8.78 Å². The molecule has 0 bridgehead atoms. The van der Waals surface area contributed by atoms with Crippen molar-refractivity contribution in [3.05, 3.63) is 120 Å². The van der Waals surface area contributed by atoms with Gasteiger partial charge >= 0.3 is 0 Å². The average Bonchev–Trinajstić information content (AvgIpc) is 2.73. The summed E-state index contributed by atoms with van der Waals surface area (Å²) in [4.78, 5) is 0. The second-order valence-corrected chi connectivity index (χ2v) is 6.77. The molecular weight excluding hydrogens is 354 g/mol. The lowest BCUT2D eigenvalue weighted by molar-refractivity contribution is -0.688. The molecule has 0 fully saturated rings. The SMILES string of the molecule is Fc1ccc(C[n+]2ccc(-c3cc[n+](Cc4ccc(F)cc4)cc3)cc2)cc1. The summed E-state index contributed by atoms with van der Waals surface area (Å²) in [5, 5.41) is 0. The van der Waals surface area contributed by atoms with Crippen LogP contribution in [0.25, 0.3) is 11.1 Å². The molecule has 0 spiro atoms. The Labute approximate surface area is 163 Å². The van der Waals surface area contributed by atoms with Crippen LogP contribution in [0.3, 0.4) is 0 Å². The maximum absolute atomic E-state index is 13.0. The van der Waals surface area contributed by atoms with Crippen molar-refractivity contribution in [1.29, 1.82) is 0 Å². The minimum atomic E-state index is -0.218. The van der Waals surface area contributed by atoms with Crippen molar-refractivity contribution in [3.63, 3.8) is 0 Å². The standard InChI is InChI=1S/C24H20F2N2/c25-23-5-1-19(2-6-23)17-27-13-9-21(10-14-27)22-11-15-28(16-12-22)18-20-3-7-24(26)8-4-20/h1-16H,17-18H2/q+2. The van der Waals surface area contributed by atoms with Crippen molar-refractivity contribution in [1.82, 2.24) is 0 Å². The quantitative estimate of drug-likeness (QED) is 0.460. The van der Waals surface area contributed by atoms with E-state index in [1.54, 1.807) is 24.3 Å². The Morgan fingerprint density at radius 3 is 1.11 bits per heavy atom. The number of benzene rings is 2. The molecule has 4 rings (SSSR count). The molecule has 0 saturated carbocycles. The van der Waals surface area contributed by atoms with Gasteiger partial charge in [-0.15, -0.1) is 0 Å². The predicted octanol–water partition coefficient (Wildman–Crippen LogP) is 4.30. The Balaban J connectivity index is 1.43. The zero-order chi connectivity index (χ0) is 19.3. The lowest BCUT2D eigenvalue weighted by atomic mass is 10.1. The fourth-order valence-electron chi connectivity index (χ4n) is 3.11. The molecule has 0 unspecified atom stereocenters. The third-order valence-electron chi connectivity index (χ3n) is 4.67. The Kier molecular flexibility index (Phi) is 5.20.